The van der Waals surface area contributed by atoms with Gasteiger partial charge in [0.25, 0.3) is 5.91 Å². The Balaban J connectivity index is 2.26. The molecule has 0 spiro atoms. The Labute approximate surface area is 123 Å². The standard InChI is InChI=1S/C15H16ClN3O/c1-19(2)14-6-4-3-5-13(14)18-15(20)10-7-8-11(16)12(17)9-10/h3-9H,17H2,1-2H3,(H,18,20). The summed E-state index contributed by atoms with van der Waals surface area (Å²) in [5, 5.41) is 3.32. The lowest BCUT2D eigenvalue weighted by Crippen LogP contribution is -2.16. The largest absolute Gasteiger partial charge is 0.398 e. The van der Waals surface area contributed by atoms with Crippen LogP contribution in [0.5, 0.6) is 0 Å². The number of carbonyl (C=O) groups excluding carboxylic acids is 1. The lowest BCUT2D eigenvalue weighted by Gasteiger charge is -2.17. The van der Waals surface area contributed by atoms with Gasteiger partial charge in [-0.2, -0.15) is 0 Å². The number of para-hydroxylation sites is 2. The summed E-state index contributed by atoms with van der Waals surface area (Å²) in [4.78, 5) is 14.2. The Morgan fingerprint density at radius 1 is 1.20 bits per heavy atom. The molecule has 4 nitrogen and oxygen atoms in total. The number of rotatable bonds is 3. The van der Waals surface area contributed by atoms with Crippen LogP contribution in [0.2, 0.25) is 5.02 Å². The van der Waals surface area contributed by atoms with Crippen molar-refractivity contribution in [1.29, 1.82) is 0 Å². The molecule has 5 heteroatoms. The number of carbonyl (C=O) groups is 1. The minimum Gasteiger partial charge on any atom is -0.398 e. The van der Waals surface area contributed by atoms with Gasteiger partial charge in [0.2, 0.25) is 0 Å². The fourth-order valence-electron chi connectivity index (χ4n) is 1.85. The number of halogens is 1. The van der Waals surface area contributed by atoms with Crippen molar-refractivity contribution < 1.29 is 4.79 Å². The first-order valence-corrected chi connectivity index (χ1v) is 6.49. The minimum atomic E-state index is -0.220. The van der Waals surface area contributed by atoms with E-state index >= 15 is 0 Å². The van der Waals surface area contributed by atoms with Crippen LogP contribution in [0, 0.1) is 0 Å². The van der Waals surface area contributed by atoms with Gasteiger partial charge >= 0.3 is 0 Å². The maximum absolute atomic E-state index is 12.2. The zero-order valence-corrected chi connectivity index (χ0v) is 12.1. The lowest BCUT2D eigenvalue weighted by molar-refractivity contribution is 0.102. The number of amides is 1. The van der Waals surface area contributed by atoms with Gasteiger partial charge < -0.3 is 16.0 Å². The van der Waals surface area contributed by atoms with E-state index in [1.54, 1.807) is 18.2 Å². The number of hydrogen-bond donors (Lipinski definition) is 2. The predicted molar refractivity (Wildman–Crippen MR) is 84.6 cm³/mol. The van der Waals surface area contributed by atoms with Crippen molar-refractivity contribution in [2.75, 3.05) is 30.0 Å². The summed E-state index contributed by atoms with van der Waals surface area (Å²) >= 11 is 5.85. The van der Waals surface area contributed by atoms with Crippen LogP contribution in [0.3, 0.4) is 0 Å². The van der Waals surface area contributed by atoms with Gasteiger partial charge in [-0.25, -0.2) is 0 Å². The van der Waals surface area contributed by atoms with Crippen molar-refractivity contribution in [1.82, 2.24) is 0 Å². The van der Waals surface area contributed by atoms with E-state index in [9.17, 15) is 4.79 Å². The van der Waals surface area contributed by atoms with E-state index < -0.39 is 0 Å². The molecule has 0 bridgehead atoms. The fraction of sp³-hybridized carbons (Fsp3) is 0.133. The van der Waals surface area contributed by atoms with E-state index in [0.29, 0.717) is 16.3 Å². The second-order valence-corrected chi connectivity index (χ2v) is 5.01. The molecule has 0 atom stereocenters. The maximum Gasteiger partial charge on any atom is 0.255 e. The van der Waals surface area contributed by atoms with Crippen LogP contribution in [-0.4, -0.2) is 20.0 Å². The monoisotopic (exact) mass is 289 g/mol. The van der Waals surface area contributed by atoms with Crippen molar-refractivity contribution in [2.24, 2.45) is 0 Å². The fourth-order valence-corrected chi connectivity index (χ4v) is 1.97. The van der Waals surface area contributed by atoms with E-state index in [0.717, 1.165) is 11.4 Å². The van der Waals surface area contributed by atoms with Gasteiger partial charge in [-0.1, -0.05) is 23.7 Å². The normalized spacial score (nSPS) is 10.2. The van der Waals surface area contributed by atoms with Gasteiger partial charge in [-0.05, 0) is 30.3 Å². The van der Waals surface area contributed by atoms with Crippen molar-refractivity contribution in [3.05, 3.63) is 53.1 Å². The highest BCUT2D eigenvalue weighted by Gasteiger charge is 2.11. The molecule has 20 heavy (non-hydrogen) atoms. The molecule has 0 heterocycles. The third kappa shape index (κ3) is 3.03. The quantitative estimate of drug-likeness (QED) is 0.853. The summed E-state index contributed by atoms with van der Waals surface area (Å²) in [5.74, 6) is -0.220. The van der Waals surface area contributed by atoms with Gasteiger partial charge in [0.15, 0.2) is 0 Å². The molecular formula is C15H16ClN3O. The number of anilines is 3. The van der Waals surface area contributed by atoms with Crippen molar-refractivity contribution >= 4 is 34.6 Å². The number of benzene rings is 2. The predicted octanol–water partition coefficient (Wildman–Crippen LogP) is 3.24. The van der Waals surface area contributed by atoms with Crippen LogP contribution in [0.25, 0.3) is 0 Å². The Kier molecular flexibility index (Phi) is 4.15. The summed E-state index contributed by atoms with van der Waals surface area (Å²) in [7, 11) is 3.84. The summed E-state index contributed by atoms with van der Waals surface area (Å²) < 4.78 is 0. The van der Waals surface area contributed by atoms with Crippen LogP contribution >= 0.6 is 11.6 Å². The van der Waals surface area contributed by atoms with Crippen LogP contribution < -0.4 is 16.0 Å². The SMILES string of the molecule is CN(C)c1ccccc1NC(=O)c1ccc(Cl)c(N)c1. The molecule has 0 radical (unpaired) electrons. The van der Waals surface area contributed by atoms with Crippen LogP contribution in [0.1, 0.15) is 10.4 Å². The van der Waals surface area contributed by atoms with Gasteiger partial charge in [-0.3, -0.25) is 4.79 Å². The summed E-state index contributed by atoms with van der Waals surface area (Å²) in [6.07, 6.45) is 0. The second kappa shape index (κ2) is 5.84. The minimum absolute atomic E-state index is 0.220. The molecule has 0 saturated heterocycles. The first-order chi connectivity index (χ1) is 9.49. The molecule has 2 aromatic carbocycles. The highest BCUT2D eigenvalue weighted by Crippen LogP contribution is 2.25. The molecule has 2 rings (SSSR count). The second-order valence-electron chi connectivity index (χ2n) is 4.60. The number of hydrogen-bond acceptors (Lipinski definition) is 3. The zero-order chi connectivity index (χ0) is 14.7. The first-order valence-electron chi connectivity index (χ1n) is 6.12. The van der Waals surface area contributed by atoms with Crippen molar-refractivity contribution in [3.63, 3.8) is 0 Å². The van der Waals surface area contributed by atoms with E-state index in [-0.39, 0.29) is 5.91 Å². The van der Waals surface area contributed by atoms with E-state index in [1.807, 2.05) is 43.3 Å². The average molecular weight is 290 g/mol. The zero-order valence-electron chi connectivity index (χ0n) is 11.4. The Hall–Kier alpha value is -2.20. The molecule has 1 amide bonds. The van der Waals surface area contributed by atoms with Crippen LogP contribution in [0.15, 0.2) is 42.5 Å². The molecule has 3 N–H and O–H groups in total. The summed E-state index contributed by atoms with van der Waals surface area (Å²) in [6.45, 7) is 0. The highest BCUT2D eigenvalue weighted by molar-refractivity contribution is 6.33. The summed E-state index contributed by atoms with van der Waals surface area (Å²) in [6, 6.07) is 12.4. The molecule has 0 aliphatic carbocycles. The number of nitrogens with zero attached hydrogens (tertiary/aromatic N) is 1. The summed E-state index contributed by atoms with van der Waals surface area (Å²) in [5.41, 5.74) is 8.25. The van der Waals surface area contributed by atoms with Gasteiger partial charge in [0, 0.05) is 19.7 Å². The third-order valence-corrected chi connectivity index (χ3v) is 3.24. The first kappa shape index (κ1) is 14.2. The van der Waals surface area contributed by atoms with E-state index in [2.05, 4.69) is 5.32 Å². The third-order valence-electron chi connectivity index (χ3n) is 2.89. The number of nitrogen functional groups attached to an aromatic ring is 1. The van der Waals surface area contributed by atoms with E-state index in [4.69, 9.17) is 17.3 Å². The molecule has 0 saturated carbocycles. The van der Waals surface area contributed by atoms with Gasteiger partial charge in [0.05, 0.1) is 22.1 Å². The molecule has 0 aliphatic rings. The van der Waals surface area contributed by atoms with Gasteiger partial charge in [0.1, 0.15) is 0 Å². The van der Waals surface area contributed by atoms with Gasteiger partial charge in [-0.15, -0.1) is 0 Å². The molecule has 0 aliphatic heterocycles. The smallest absolute Gasteiger partial charge is 0.255 e. The number of nitrogens with one attached hydrogen (secondary N) is 1. The Morgan fingerprint density at radius 2 is 1.90 bits per heavy atom. The Bertz CT molecular complexity index is 641. The Morgan fingerprint density at radius 3 is 2.55 bits per heavy atom. The highest BCUT2D eigenvalue weighted by atomic mass is 35.5. The number of nitrogens with two attached hydrogens (primary N) is 1. The molecule has 0 unspecified atom stereocenters. The maximum atomic E-state index is 12.2. The van der Waals surface area contributed by atoms with Crippen LogP contribution in [-0.2, 0) is 0 Å². The average Bonchev–Trinajstić information content (AvgIpc) is 2.42. The molecule has 2 aromatic rings. The lowest BCUT2D eigenvalue weighted by atomic mass is 10.1. The molecule has 0 fully saturated rings. The van der Waals surface area contributed by atoms with Crippen molar-refractivity contribution in [3.8, 4) is 0 Å². The van der Waals surface area contributed by atoms with Crippen LogP contribution in [0.4, 0.5) is 17.1 Å². The topological polar surface area (TPSA) is 58.4 Å². The van der Waals surface area contributed by atoms with E-state index in [1.165, 1.54) is 0 Å². The molecule has 0 aromatic heterocycles. The van der Waals surface area contributed by atoms with Crippen molar-refractivity contribution in [2.45, 2.75) is 0 Å². The molecule has 104 valence electrons. The molecular weight excluding hydrogens is 274 g/mol.